The third-order valence-electron chi connectivity index (χ3n) is 4.48. The van der Waals surface area contributed by atoms with E-state index in [-0.39, 0.29) is 29.3 Å². The number of fused-ring (bicyclic) bond motifs is 1. The molecule has 0 spiro atoms. The van der Waals surface area contributed by atoms with Crippen molar-refractivity contribution in [3.05, 3.63) is 34.9 Å². The Labute approximate surface area is 185 Å². The van der Waals surface area contributed by atoms with Gasteiger partial charge in [-0.2, -0.15) is 4.99 Å². The van der Waals surface area contributed by atoms with Crippen LogP contribution in [0, 0.1) is 0 Å². The summed E-state index contributed by atoms with van der Waals surface area (Å²) in [7, 11) is -3.14. The van der Waals surface area contributed by atoms with E-state index < -0.39 is 27.4 Å². The lowest BCUT2D eigenvalue weighted by atomic mass is 10.1. The Hall–Kier alpha value is -1.78. The molecule has 2 aliphatic rings. The lowest BCUT2D eigenvalue weighted by Gasteiger charge is -2.25. The number of carbonyl (C=O) groups excluding carboxylic acids is 2. The van der Waals surface area contributed by atoms with Gasteiger partial charge in [0.15, 0.2) is 15.0 Å². The number of hydrogen-bond donors (Lipinski definition) is 1. The fourth-order valence-corrected chi connectivity index (χ4v) is 7.40. The van der Waals surface area contributed by atoms with Gasteiger partial charge in [0.2, 0.25) is 0 Å². The van der Waals surface area contributed by atoms with Gasteiger partial charge in [0.25, 0.3) is 5.91 Å². The zero-order valence-electron chi connectivity index (χ0n) is 16.9. The normalized spacial score (nSPS) is 24.0. The first-order valence-corrected chi connectivity index (χ1v) is 12.5. The van der Waals surface area contributed by atoms with Crippen molar-refractivity contribution < 1.29 is 22.7 Å². The number of aliphatic imine (C=N–C) groups is 1. The van der Waals surface area contributed by atoms with Crippen LogP contribution in [0.5, 0.6) is 0 Å². The smallest absolute Gasteiger partial charge is 0.408 e. The Bertz CT molecular complexity index is 975. The maximum absolute atomic E-state index is 12.3. The van der Waals surface area contributed by atoms with Gasteiger partial charge in [0.05, 0.1) is 17.5 Å². The van der Waals surface area contributed by atoms with Gasteiger partial charge >= 0.3 is 6.09 Å². The molecule has 0 bridgehead atoms. The van der Waals surface area contributed by atoms with Gasteiger partial charge in [-0.05, 0) is 32.4 Å². The zero-order chi connectivity index (χ0) is 22.1. The van der Waals surface area contributed by atoms with Gasteiger partial charge in [-0.3, -0.25) is 4.79 Å². The number of rotatable bonds is 4. The fourth-order valence-electron chi connectivity index (χ4n) is 3.24. The first-order valence-electron chi connectivity index (χ1n) is 9.39. The Kier molecular flexibility index (Phi) is 6.69. The summed E-state index contributed by atoms with van der Waals surface area (Å²) in [5.74, 6) is -0.487. The summed E-state index contributed by atoms with van der Waals surface area (Å²) in [6.45, 7) is 5.21. The van der Waals surface area contributed by atoms with E-state index in [9.17, 15) is 18.0 Å². The third-order valence-corrected chi connectivity index (χ3v) is 8.09. The van der Waals surface area contributed by atoms with Crippen molar-refractivity contribution in [2.45, 2.75) is 44.2 Å². The number of hydrogen-bond acceptors (Lipinski definition) is 6. The lowest BCUT2D eigenvalue weighted by molar-refractivity contribution is -0.117. The van der Waals surface area contributed by atoms with Gasteiger partial charge < -0.3 is 15.0 Å². The number of amidine groups is 1. The molecule has 1 aromatic carbocycles. The highest BCUT2D eigenvalue weighted by Gasteiger charge is 2.48. The second-order valence-electron chi connectivity index (χ2n) is 8.16. The number of halogens is 1. The fraction of sp³-hybridized carbons (Fsp3) is 0.526. The van der Waals surface area contributed by atoms with Gasteiger partial charge in [-0.15, -0.1) is 0 Å². The Morgan fingerprint density at radius 1 is 1.30 bits per heavy atom. The van der Waals surface area contributed by atoms with Crippen molar-refractivity contribution in [2.24, 2.45) is 4.99 Å². The SMILES string of the molecule is CC(C)(C)OC(=O)NCC(=O)N=C1S[C@H]2CS(=O)(=O)C[C@@H]2N1Cc1ccccc1Cl. The molecule has 1 N–H and O–H groups in total. The third kappa shape index (κ3) is 5.89. The van der Waals surface area contributed by atoms with E-state index in [1.807, 2.05) is 23.1 Å². The topological polar surface area (TPSA) is 105 Å². The molecule has 0 aliphatic carbocycles. The van der Waals surface area contributed by atoms with Gasteiger partial charge in [-0.25, -0.2) is 13.2 Å². The maximum Gasteiger partial charge on any atom is 0.408 e. The maximum atomic E-state index is 12.3. The standard InChI is InChI=1S/C19H24ClN3O5S2/c1-19(2,3)28-18(25)21-8-16(24)22-17-23(9-12-6-4-5-7-13(12)20)14-10-30(26,27)11-15(14)29-17/h4-7,14-15H,8-11H2,1-3H3,(H,21,25)/t14-,15-/m0/s1. The molecule has 2 amide bonds. The van der Waals surface area contributed by atoms with Crippen LogP contribution in [0.1, 0.15) is 26.3 Å². The summed E-state index contributed by atoms with van der Waals surface area (Å²) in [6, 6.07) is 7.00. The minimum absolute atomic E-state index is 0.0124. The van der Waals surface area contributed by atoms with E-state index in [2.05, 4.69) is 10.3 Å². The van der Waals surface area contributed by atoms with Crippen LogP contribution in [0.4, 0.5) is 4.79 Å². The summed E-state index contributed by atoms with van der Waals surface area (Å²) >= 11 is 7.55. The summed E-state index contributed by atoms with van der Waals surface area (Å²) in [5.41, 5.74) is 0.145. The Morgan fingerprint density at radius 2 is 2.00 bits per heavy atom. The molecule has 2 atom stereocenters. The molecule has 2 aliphatic heterocycles. The summed E-state index contributed by atoms with van der Waals surface area (Å²) < 4.78 is 29.3. The number of benzene rings is 1. The van der Waals surface area contributed by atoms with E-state index >= 15 is 0 Å². The van der Waals surface area contributed by atoms with Crippen LogP contribution in [-0.2, 0) is 25.9 Å². The second kappa shape index (κ2) is 8.76. The van der Waals surface area contributed by atoms with Crippen LogP contribution < -0.4 is 5.32 Å². The lowest BCUT2D eigenvalue weighted by Crippen LogP contribution is -2.38. The molecule has 164 valence electrons. The second-order valence-corrected chi connectivity index (χ2v) is 11.9. The molecule has 0 saturated carbocycles. The molecular weight excluding hydrogens is 450 g/mol. The zero-order valence-corrected chi connectivity index (χ0v) is 19.3. The number of nitrogens with one attached hydrogen (secondary N) is 1. The van der Waals surface area contributed by atoms with Crippen molar-refractivity contribution in [1.29, 1.82) is 0 Å². The van der Waals surface area contributed by atoms with Crippen LogP contribution in [0.25, 0.3) is 0 Å². The van der Waals surface area contributed by atoms with Crippen molar-refractivity contribution in [3.63, 3.8) is 0 Å². The van der Waals surface area contributed by atoms with E-state index in [0.717, 1.165) is 5.56 Å². The van der Waals surface area contributed by atoms with Crippen molar-refractivity contribution >= 4 is 50.4 Å². The molecule has 0 aromatic heterocycles. The molecule has 0 unspecified atom stereocenters. The molecule has 11 heteroatoms. The number of thioether (sulfide) groups is 1. The number of amides is 2. The quantitative estimate of drug-likeness (QED) is 0.716. The molecule has 2 fully saturated rings. The van der Waals surface area contributed by atoms with Crippen molar-refractivity contribution in [1.82, 2.24) is 10.2 Å². The summed E-state index contributed by atoms with van der Waals surface area (Å²) in [6.07, 6.45) is -0.703. The van der Waals surface area contributed by atoms with E-state index in [4.69, 9.17) is 16.3 Å². The summed E-state index contributed by atoms with van der Waals surface area (Å²) in [4.78, 5) is 30.0. The van der Waals surface area contributed by atoms with E-state index in [1.54, 1.807) is 26.8 Å². The van der Waals surface area contributed by atoms with Gasteiger partial charge in [0, 0.05) is 16.8 Å². The van der Waals surface area contributed by atoms with Crippen LogP contribution in [0.2, 0.25) is 5.02 Å². The highest BCUT2D eigenvalue weighted by Crippen LogP contribution is 2.39. The number of nitrogens with zero attached hydrogens (tertiary/aromatic N) is 2. The van der Waals surface area contributed by atoms with Crippen molar-refractivity contribution in [3.8, 4) is 0 Å². The van der Waals surface area contributed by atoms with Crippen molar-refractivity contribution in [2.75, 3.05) is 18.1 Å². The monoisotopic (exact) mass is 473 g/mol. The molecule has 8 nitrogen and oxygen atoms in total. The highest BCUT2D eigenvalue weighted by atomic mass is 35.5. The number of sulfone groups is 1. The molecule has 1 aromatic rings. The molecule has 3 rings (SSSR count). The van der Waals surface area contributed by atoms with Gasteiger partial charge in [-0.1, -0.05) is 41.6 Å². The Balaban J connectivity index is 1.74. The minimum atomic E-state index is -3.14. The average Bonchev–Trinajstić information content (AvgIpc) is 3.06. The highest BCUT2D eigenvalue weighted by molar-refractivity contribution is 8.15. The molecule has 0 radical (unpaired) electrons. The first kappa shape index (κ1) is 22.9. The molecular formula is C19H24ClN3O5S2. The Morgan fingerprint density at radius 3 is 2.67 bits per heavy atom. The largest absolute Gasteiger partial charge is 0.444 e. The average molecular weight is 474 g/mol. The summed E-state index contributed by atoms with van der Waals surface area (Å²) in [5, 5.41) is 3.20. The molecule has 30 heavy (non-hydrogen) atoms. The van der Waals surface area contributed by atoms with Crippen LogP contribution in [0.3, 0.4) is 0 Å². The molecule has 2 saturated heterocycles. The van der Waals surface area contributed by atoms with E-state index in [0.29, 0.717) is 16.7 Å². The number of carbonyl (C=O) groups is 2. The van der Waals surface area contributed by atoms with Crippen LogP contribution in [-0.4, -0.2) is 65.4 Å². The predicted octanol–water partition coefficient (Wildman–Crippen LogP) is 2.46. The minimum Gasteiger partial charge on any atom is -0.444 e. The van der Waals surface area contributed by atoms with E-state index in [1.165, 1.54) is 11.8 Å². The predicted molar refractivity (Wildman–Crippen MR) is 117 cm³/mol. The molecule has 2 heterocycles. The first-order chi connectivity index (χ1) is 13.9. The van der Waals surface area contributed by atoms with Crippen LogP contribution in [0.15, 0.2) is 29.3 Å². The number of ether oxygens (including phenoxy) is 1. The van der Waals surface area contributed by atoms with Gasteiger partial charge in [0.1, 0.15) is 12.1 Å². The number of alkyl carbamates (subject to hydrolysis) is 1. The van der Waals surface area contributed by atoms with Crippen LogP contribution >= 0.6 is 23.4 Å².